The van der Waals surface area contributed by atoms with Gasteiger partial charge in [0, 0.05) is 13.6 Å². The van der Waals surface area contributed by atoms with Crippen molar-refractivity contribution in [1.29, 1.82) is 0 Å². The Morgan fingerprint density at radius 2 is 2.09 bits per heavy atom. The van der Waals surface area contributed by atoms with Gasteiger partial charge in [0.2, 0.25) is 12.7 Å². The van der Waals surface area contributed by atoms with Gasteiger partial charge < -0.3 is 24.4 Å². The Labute approximate surface area is 130 Å². The first-order valence-electron chi connectivity index (χ1n) is 7.67. The summed E-state index contributed by atoms with van der Waals surface area (Å²) in [7, 11) is 1.79. The minimum absolute atomic E-state index is 0.00352. The maximum absolute atomic E-state index is 12.2. The summed E-state index contributed by atoms with van der Waals surface area (Å²) in [4.78, 5) is 13.8. The van der Waals surface area contributed by atoms with E-state index in [4.69, 9.17) is 14.2 Å². The van der Waals surface area contributed by atoms with Crippen LogP contribution >= 0.6 is 0 Å². The van der Waals surface area contributed by atoms with Crippen LogP contribution in [-0.2, 0) is 16.1 Å². The lowest BCUT2D eigenvalue weighted by Crippen LogP contribution is -2.36. The molecular weight excluding hydrogens is 284 g/mol. The molecule has 0 saturated carbocycles. The number of rotatable bonds is 5. The van der Waals surface area contributed by atoms with Crippen molar-refractivity contribution in [2.75, 3.05) is 33.5 Å². The third-order valence-corrected chi connectivity index (χ3v) is 4.01. The molecular formula is C16H22N2O4. The van der Waals surface area contributed by atoms with Crippen molar-refractivity contribution >= 4 is 5.91 Å². The van der Waals surface area contributed by atoms with Crippen molar-refractivity contribution in [1.82, 2.24) is 10.2 Å². The highest BCUT2D eigenvalue weighted by molar-refractivity contribution is 5.77. The van der Waals surface area contributed by atoms with Gasteiger partial charge >= 0.3 is 0 Å². The van der Waals surface area contributed by atoms with E-state index in [0.717, 1.165) is 43.0 Å². The van der Waals surface area contributed by atoms with Gasteiger partial charge in [-0.1, -0.05) is 6.07 Å². The van der Waals surface area contributed by atoms with Gasteiger partial charge in [-0.3, -0.25) is 4.79 Å². The number of hydrogen-bond donors (Lipinski definition) is 1. The highest BCUT2D eigenvalue weighted by Crippen LogP contribution is 2.32. The van der Waals surface area contributed by atoms with Gasteiger partial charge in [0.05, 0.1) is 6.10 Å². The number of fused-ring (bicyclic) bond motifs is 1. The molecule has 1 N–H and O–H groups in total. The zero-order valence-corrected chi connectivity index (χ0v) is 12.8. The summed E-state index contributed by atoms with van der Waals surface area (Å²) in [6, 6.07) is 5.74. The molecule has 6 heteroatoms. The number of piperidine rings is 1. The normalized spacial score (nSPS) is 17.5. The van der Waals surface area contributed by atoms with Crippen LogP contribution < -0.4 is 14.8 Å². The lowest BCUT2D eigenvalue weighted by molar-refractivity contribution is -0.137. The van der Waals surface area contributed by atoms with Crippen LogP contribution in [0.25, 0.3) is 0 Å². The van der Waals surface area contributed by atoms with Crippen LogP contribution in [-0.4, -0.2) is 50.4 Å². The van der Waals surface area contributed by atoms with Gasteiger partial charge in [-0.15, -0.1) is 0 Å². The molecule has 0 bridgehead atoms. The van der Waals surface area contributed by atoms with Gasteiger partial charge in [0.1, 0.15) is 6.61 Å². The van der Waals surface area contributed by atoms with E-state index < -0.39 is 0 Å². The summed E-state index contributed by atoms with van der Waals surface area (Å²) in [6.07, 6.45) is 2.14. The SMILES string of the molecule is CN(Cc1ccc2c(c1)OCO2)C(=O)COC1CCNCC1. The molecule has 3 rings (SSSR count). The second-order valence-corrected chi connectivity index (χ2v) is 5.70. The predicted octanol–water partition coefficient (Wildman–Crippen LogP) is 1.14. The van der Waals surface area contributed by atoms with E-state index in [0.29, 0.717) is 6.54 Å². The zero-order chi connectivity index (χ0) is 15.4. The van der Waals surface area contributed by atoms with Crippen LogP contribution in [0.5, 0.6) is 11.5 Å². The Hall–Kier alpha value is -1.79. The molecule has 1 fully saturated rings. The fourth-order valence-electron chi connectivity index (χ4n) is 2.66. The molecule has 0 atom stereocenters. The molecule has 2 aliphatic rings. The Morgan fingerprint density at radius 3 is 2.91 bits per heavy atom. The third kappa shape index (κ3) is 3.69. The standard InChI is InChI=1S/C16H22N2O4/c1-18(16(19)10-20-13-4-6-17-7-5-13)9-12-2-3-14-15(8-12)22-11-21-14/h2-3,8,13,17H,4-7,9-11H2,1H3. The molecule has 0 radical (unpaired) electrons. The molecule has 0 aliphatic carbocycles. The number of benzene rings is 1. The van der Waals surface area contributed by atoms with Crippen molar-refractivity contribution in [3.05, 3.63) is 23.8 Å². The Kier molecular flexibility index (Phi) is 4.80. The first-order chi connectivity index (χ1) is 10.7. The fourth-order valence-corrected chi connectivity index (χ4v) is 2.66. The van der Waals surface area contributed by atoms with E-state index in [1.807, 2.05) is 18.2 Å². The van der Waals surface area contributed by atoms with Crippen LogP contribution in [0.4, 0.5) is 0 Å². The second-order valence-electron chi connectivity index (χ2n) is 5.70. The lowest BCUT2D eigenvalue weighted by atomic mass is 10.1. The Morgan fingerprint density at radius 1 is 1.32 bits per heavy atom. The van der Waals surface area contributed by atoms with E-state index in [-0.39, 0.29) is 25.4 Å². The van der Waals surface area contributed by atoms with Crippen molar-refractivity contribution < 1.29 is 19.0 Å². The van der Waals surface area contributed by atoms with Crippen LogP contribution in [0.15, 0.2) is 18.2 Å². The topological polar surface area (TPSA) is 60.0 Å². The molecule has 6 nitrogen and oxygen atoms in total. The van der Waals surface area contributed by atoms with E-state index in [9.17, 15) is 4.79 Å². The van der Waals surface area contributed by atoms with Crippen LogP contribution in [0.3, 0.4) is 0 Å². The van der Waals surface area contributed by atoms with Crippen molar-refractivity contribution in [3.8, 4) is 11.5 Å². The van der Waals surface area contributed by atoms with Crippen LogP contribution in [0.1, 0.15) is 18.4 Å². The minimum atomic E-state index is -0.00352. The monoisotopic (exact) mass is 306 g/mol. The molecule has 1 aromatic carbocycles. The molecule has 0 unspecified atom stereocenters. The Bertz CT molecular complexity index is 529. The molecule has 22 heavy (non-hydrogen) atoms. The largest absolute Gasteiger partial charge is 0.454 e. The van der Waals surface area contributed by atoms with Crippen LogP contribution in [0, 0.1) is 0 Å². The fraction of sp³-hybridized carbons (Fsp3) is 0.562. The molecule has 2 aliphatic heterocycles. The molecule has 2 heterocycles. The maximum atomic E-state index is 12.2. The van der Waals surface area contributed by atoms with E-state index in [2.05, 4.69) is 5.32 Å². The molecule has 1 amide bonds. The van der Waals surface area contributed by atoms with Gasteiger partial charge in [-0.2, -0.15) is 0 Å². The van der Waals surface area contributed by atoms with Crippen molar-refractivity contribution in [3.63, 3.8) is 0 Å². The average molecular weight is 306 g/mol. The molecule has 0 aromatic heterocycles. The number of nitrogens with zero attached hydrogens (tertiary/aromatic N) is 1. The number of carbonyl (C=O) groups is 1. The second kappa shape index (κ2) is 6.98. The predicted molar refractivity (Wildman–Crippen MR) is 80.9 cm³/mol. The summed E-state index contributed by atoms with van der Waals surface area (Å²) >= 11 is 0. The maximum Gasteiger partial charge on any atom is 0.248 e. The number of nitrogens with one attached hydrogen (secondary N) is 1. The van der Waals surface area contributed by atoms with Gasteiger partial charge in [0.25, 0.3) is 0 Å². The molecule has 1 saturated heterocycles. The van der Waals surface area contributed by atoms with Gasteiger partial charge in [-0.05, 0) is 43.6 Å². The van der Waals surface area contributed by atoms with Crippen molar-refractivity contribution in [2.24, 2.45) is 0 Å². The smallest absolute Gasteiger partial charge is 0.248 e. The summed E-state index contributed by atoms with van der Waals surface area (Å²) in [6.45, 7) is 2.87. The van der Waals surface area contributed by atoms with Gasteiger partial charge in [-0.25, -0.2) is 0 Å². The summed E-state index contributed by atoms with van der Waals surface area (Å²) in [5.41, 5.74) is 1.02. The lowest BCUT2D eigenvalue weighted by Gasteiger charge is -2.24. The number of hydrogen-bond acceptors (Lipinski definition) is 5. The Balaban J connectivity index is 1.48. The first-order valence-corrected chi connectivity index (χ1v) is 7.67. The van der Waals surface area contributed by atoms with E-state index >= 15 is 0 Å². The zero-order valence-electron chi connectivity index (χ0n) is 12.8. The highest BCUT2D eigenvalue weighted by Gasteiger charge is 2.18. The summed E-state index contributed by atoms with van der Waals surface area (Å²) in [5, 5.41) is 3.28. The summed E-state index contributed by atoms with van der Waals surface area (Å²) < 4.78 is 16.3. The number of likely N-dealkylation sites (N-methyl/N-ethyl adjacent to an activating group) is 1. The molecule has 0 spiro atoms. The first kappa shape index (κ1) is 15.1. The van der Waals surface area contributed by atoms with E-state index in [1.165, 1.54) is 0 Å². The van der Waals surface area contributed by atoms with E-state index in [1.54, 1.807) is 11.9 Å². The number of amides is 1. The summed E-state index contributed by atoms with van der Waals surface area (Å²) in [5.74, 6) is 1.49. The highest BCUT2D eigenvalue weighted by atomic mass is 16.7. The quantitative estimate of drug-likeness (QED) is 0.884. The molecule has 120 valence electrons. The number of ether oxygens (including phenoxy) is 3. The third-order valence-electron chi connectivity index (χ3n) is 4.01. The molecule has 1 aromatic rings. The number of carbonyl (C=O) groups excluding carboxylic acids is 1. The average Bonchev–Trinajstić information content (AvgIpc) is 3.01. The minimum Gasteiger partial charge on any atom is -0.454 e. The van der Waals surface area contributed by atoms with Crippen LogP contribution in [0.2, 0.25) is 0 Å². The van der Waals surface area contributed by atoms with Crippen molar-refractivity contribution in [2.45, 2.75) is 25.5 Å². The van der Waals surface area contributed by atoms with Gasteiger partial charge in [0.15, 0.2) is 11.5 Å².